The lowest BCUT2D eigenvalue weighted by Gasteiger charge is -2.41. The van der Waals surface area contributed by atoms with Crippen molar-refractivity contribution in [2.24, 2.45) is 23.7 Å². The highest BCUT2D eigenvalue weighted by molar-refractivity contribution is 7.09. The first-order valence-electron chi connectivity index (χ1n) is 22.2. The van der Waals surface area contributed by atoms with E-state index in [1.165, 1.54) is 11.3 Å². The quantitative estimate of drug-likeness (QED) is 0.0956. The number of aromatic nitrogens is 1. The Labute approximate surface area is 378 Å². The summed E-state index contributed by atoms with van der Waals surface area (Å²) in [6, 6.07) is 16.1. The molecule has 2 aromatic carbocycles. The van der Waals surface area contributed by atoms with Crippen LogP contribution in [0, 0.1) is 23.7 Å². The summed E-state index contributed by atoms with van der Waals surface area (Å²) in [5.74, 6) is -2.48. The van der Waals surface area contributed by atoms with Gasteiger partial charge in [0.1, 0.15) is 23.7 Å². The number of carbonyl (C=O) groups is 5. The molecule has 9 atom stereocenters. The number of thiazole rings is 1. The van der Waals surface area contributed by atoms with Gasteiger partial charge in [-0.1, -0.05) is 116 Å². The SMILES string of the molecule is CC[C@H](C)[C@@H]([C@@H](CC(=O)N1CCC[C@H]1[C@H](OC)[C@@H](C)C(=O)N[C@@H](Cc1ccccc1)c1nccs1)OC)N(C)C(=O)[C@@H](NC(=O)[C@@H](NC(=O)OCc1ccccc1)C(C)C)C(C)C. The van der Waals surface area contributed by atoms with Gasteiger partial charge in [-0.3, -0.25) is 19.2 Å². The standard InChI is InChI=1S/C48H70N6O8S/c1-11-32(6)42(53(8)47(58)41(31(4)5)51-45(57)40(30(2)3)52-48(59)62-29-35-21-16-13-17-22-35)38(60-9)28-39(55)54-25-18-23-37(54)43(61-10)33(7)44(56)50-36(46-49-24-26-63-46)27-34-19-14-12-15-20-34/h12-17,19-22,24,26,30-33,36-38,40-43H,11,18,23,25,27-29H2,1-10H3,(H,50,56)(H,51,57)(H,52,59)/t32-,33+,36-,37-,38+,40-,41-,42-,43+/m0/s1. The van der Waals surface area contributed by atoms with Crippen molar-refractivity contribution in [1.29, 1.82) is 0 Å². The molecule has 346 valence electrons. The van der Waals surface area contributed by atoms with Gasteiger partial charge in [0, 0.05) is 39.4 Å². The van der Waals surface area contributed by atoms with E-state index in [1.807, 2.05) is 106 Å². The summed E-state index contributed by atoms with van der Waals surface area (Å²) in [7, 11) is 4.81. The maximum absolute atomic E-state index is 14.5. The summed E-state index contributed by atoms with van der Waals surface area (Å²) >= 11 is 1.49. The molecule has 15 heteroatoms. The van der Waals surface area contributed by atoms with Crippen molar-refractivity contribution < 1.29 is 38.2 Å². The summed E-state index contributed by atoms with van der Waals surface area (Å²) in [4.78, 5) is 77.4. The van der Waals surface area contributed by atoms with E-state index in [9.17, 15) is 24.0 Å². The molecule has 1 aromatic heterocycles. The molecule has 0 bridgehead atoms. The zero-order chi connectivity index (χ0) is 46.2. The maximum atomic E-state index is 14.5. The molecule has 3 N–H and O–H groups in total. The fraction of sp³-hybridized carbons (Fsp3) is 0.583. The fourth-order valence-electron chi connectivity index (χ4n) is 8.47. The van der Waals surface area contributed by atoms with Gasteiger partial charge in [0.25, 0.3) is 0 Å². The van der Waals surface area contributed by atoms with E-state index in [4.69, 9.17) is 14.2 Å². The second kappa shape index (κ2) is 24.8. The lowest BCUT2D eigenvalue weighted by Crippen LogP contribution is -2.60. The summed E-state index contributed by atoms with van der Waals surface area (Å²) in [6.45, 7) is 13.7. The van der Waals surface area contributed by atoms with Crippen molar-refractivity contribution in [1.82, 2.24) is 30.7 Å². The predicted molar refractivity (Wildman–Crippen MR) is 244 cm³/mol. The van der Waals surface area contributed by atoms with Crippen LogP contribution in [0.25, 0.3) is 0 Å². The molecule has 4 rings (SSSR count). The number of carbonyl (C=O) groups excluding carboxylic acids is 5. The smallest absolute Gasteiger partial charge is 0.408 e. The number of benzene rings is 2. The number of hydrogen-bond acceptors (Lipinski definition) is 10. The molecule has 2 heterocycles. The fourth-order valence-corrected chi connectivity index (χ4v) is 9.16. The normalized spacial score (nSPS) is 17.8. The molecule has 0 aliphatic carbocycles. The second-order valence-electron chi connectivity index (χ2n) is 17.4. The van der Waals surface area contributed by atoms with Gasteiger partial charge in [-0.2, -0.15) is 0 Å². The molecule has 1 saturated heterocycles. The Bertz CT molecular complexity index is 1880. The number of likely N-dealkylation sites (N-methyl/N-ethyl adjacent to an activating group) is 1. The molecular weight excluding hydrogens is 821 g/mol. The summed E-state index contributed by atoms with van der Waals surface area (Å²) in [5, 5.41) is 11.5. The summed E-state index contributed by atoms with van der Waals surface area (Å²) < 4.78 is 17.5. The zero-order valence-corrected chi connectivity index (χ0v) is 39.6. The summed E-state index contributed by atoms with van der Waals surface area (Å²) in [5.41, 5.74) is 1.89. The molecule has 0 spiro atoms. The van der Waals surface area contributed by atoms with Crippen LogP contribution < -0.4 is 16.0 Å². The van der Waals surface area contributed by atoms with Crippen LogP contribution in [0.4, 0.5) is 4.79 Å². The summed E-state index contributed by atoms with van der Waals surface area (Å²) in [6.07, 6.45) is 2.40. The highest BCUT2D eigenvalue weighted by atomic mass is 32.1. The third kappa shape index (κ3) is 14.1. The first kappa shape index (κ1) is 50.8. The van der Waals surface area contributed by atoms with Gasteiger partial charge in [-0.05, 0) is 48.1 Å². The highest BCUT2D eigenvalue weighted by Gasteiger charge is 2.43. The molecule has 0 unspecified atom stereocenters. The van der Waals surface area contributed by atoms with E-state index in [0.29, 0.717) is 25.8 Å². The monoisotopic (exact) mass is 890 g/mol. The predicted octanol–water partition coefficient (Wildman–Crippen LogP) is 6.56. The van der Waals surface area contributed by atoms with Gasteiger partial charge >= 0.3 is 6.09 Å². The van der Waals surface area contributed by atoms with Crippen molar-refractivity contribution in [3.8, 4) is 0 Å². The minimum Gasteiger partial charge on any atom is -0.445 e. The molecule has 3 aromatic rings. The van der Waals surface area contributed by atoms with Gasteiger partial charge in [-0.25, -0.2) is 9.78 Å². The minimum atomic E-state index is -0.964. The van der Waals surface area contributed by atoms with Crippen LogP contribution in [0.2, 0.25) is 0 Å². The van der Waals surface area contributed by atoms with Crippen molar-refractivity contribution in [3.05, 3.63) is 88.4 Å². The second-order valence-corrected chi connectivity index (χ2v) is 18.3. The molecule has 0 saturated carbocycles. The third-order valence-electron chi connectivity index (χ3n) is 12.3. The Kier molecular flexibility index (Phi) is 20.0. The van der Waals surface area contributed by atoms with Gasteiger partial charge < -0.3 is 40.0 Å². The first-order valence-corrected chi connectivity index (χ1v) is 23.1. The number of amides is 5. The molecular formula is C48H70N6O8S. The number of ether oxygens (including phenoxy) is 3. The largest absolute Gasteiger partial charge is 0.445 e. The van der Waals surface area contributed by atoms with Crippen LogP contribution in [-0.4, -0.2) is 109 Å². The molecule has 14 nitrogen and oxygen atoms in total. The lowest BCUT2D eigenvalue weighted by molar-refractivity contribution is -0.147. The van der Waals surface area contributed by atoms with E-state index >= 15 is 0 Å². The average molecular weight is 891 g/mol. The van der Waals surface area contributed by atoms with Crippen LogP contribution >= 0.6 is 11.3 Å². The Hall–Kier alpha value is -4.86. The zero-order valence-electron chi connectivity index (χ0n) is 38.7. The lowest BCUT2D eigenvalue weighted by atomic mass is 9.89. The molecule has 1 fully saturated rings. The van der Waals surface area contributed by atoms with Crippen molar-refractivity contribution >= 4 is 41.1 Å². The maximum Gasteiger partial charge on any atom is 0.408 e. The highest BCUT2D eigenvalue weighted by Crippen LogP contribution is 2.30. The number of hydrogen-bond donors (Lipinski definition) is 3. The van der Waals surface area contributed by atoms with E-state index in [1.54, 1.807) is 46.2 Å². The van der Waals surface area contributed by atoms with Crippen LogP contribution in [0.5, 0.6) is 0 Å². The number of methoxy groups -OCH3 is 2. The Balaban J connectivity index is 1.45. The van der Waals surface area contributed by atoms with Gasteiger partial charge in [0.05, 0.1) is 42.7 Å². The molecule has 1 aliphatic rings. The average Bonchev–Trinajstić information content (AvgIpc) is 4.00. The van der Waals surface area contributed by atoms with Crippen LogP contribution in [0.3, 0.4) is 0 Å². The molecule has 1 aliphatic heterocycles. The van der Waals surface area contributed by atoms with Crippen LogP contribution in [-0.2, 0) is 46.4 Å². The molecule has 0 radical (unpaired) electrons. The van der Waals surface area contributed by atoms with Crippen LogP contribution in [0.15, 0.2) is 72.2 Å². The number of alkyl carbamates (subject to hydrolysis) is 1. The van der Waals surface area contributed by atoms with Gasteiger partial charge in [0.15, 0.2) is 0 Å². The number of likely N-dealkylation sites (tertiary alicyclic amines) is 1. The number of nitrogens with one attached hydrogen (secondary N) is 3. The van der Waals surface area contributed by atoms with Crippen LogP contribution in [0.1, 0.15) is 96.3 Å². The molecule has 63 heavy (non-hydrogen) atoms. The number of nitrogens with zero attached hydrogens (tertiary/aromatic N) is 3. The van der Waals surface area contributed by atoms with Gasteiger partial charge in [0.2, 0.25) is 23.6 Å². The number of rotatable bonds is 23. The minimum absolute atomic E-state index is 0.0109. The topological polar surface area (TPSA) is 168 Å². The Morgan fingerprint density at radius 2 is 1.48 bits per heavy atom. The third-order valence-corrected chi connectivity index (χ3v) is 13.2. The Morgan fingerprint density at radius 3 is 2.03 bits per heavy atom. The van der Waals surface area contributed by atoms with E-state index in [2.05, 4.69) is 20.9 Å². The molecule has 5 amide bonds. The van der Waals surface area contributed by atoms with Crippen molar-refractivity contribution in [3.63, 3.8) is 0 Å². The van der Waals surface area contributed by atoms with Gasteiger partial charge in [-0.15, -0.1) is 11.3 Å². The van der Waals surface area contributed by atoms with Crippen molar-refractivity contribution in [2.75, 3.05) is 27.8 Å². The Morgan fingerprint density at radius 1 is 0.841 bits per heavy atom. The van der Waals surface area contributed by atoms with E-state index in [-0.39, 0.29) is 60.6 Å². The first-order chi connectivity index (χ1) is 30.1. The van der Waals surface area contributed by atoms with Crippen molar-refractivity contribution in [2.45, 2.75) is 130 Å². The van der Waals surface area contributed by atoms with E-state index in [0.717, 1.165) is 22.6 Å². The van der Waals surface area contributed by atoms with E-state index < -0.39 is 48.3 Å².